The lowest BCUT2D eigenvalue weighted by atomic mass is 9.92. The molecule has 3 aromatic rings. The molecule has 0 saturated carbocycles. The maximum atomic E-state index is 12.4. The summed E-state index contributed by atoms with van der Waals surface area (Å²) >= 11 is 0. The van der Waals surface area contributed by atoms with Crippen molar-refractivity contribution in [3.8, 4) is 11.1 Å². The molecule has 1 aromatic carbocycles. The molecule has 0 spiro atoms. The number of nitrogens with one attached hydrogen (secondary N) is 1. The van der Waals surface area contributed by atoms with Crippen LogP contribution in [-0.4, -0.2) is 25.5 Å². The van der Waals surface area contributed by atoms with Crippen molar-refractivity contribution in [1.82, 2.24) is 19.6 Å². The summed E-state index contributed by atoms with van der Waals surface area (Å²) in [5, 5.41) is 11.6. The molecule has 0 aliphatic heterocycles. The molecule has 7 nitrogen and oxygen atoms in total. The highest BCUT2D eigenvalue weighted by molar-refractivity contribution is 5.89. The number of aromatic nitrogens is 4. The summed E-state index contributed by atoms with van der Waals surface area (Å²) in [5.41, 5.74) is 9.31. The van der Waals surface area contributed by atoms with Crippen molar-refractivity contribution in [3.63, 3.8) is 0 Å². The van der Waals surface area contributed by atoms with Crippen LogP contribution in [0.4, 0.5) is 11.5 Å². The zero-order valence-electron chi connectivity index (χ0n) is 15.5. The van der Waals surface area contributed by atoms with Gasteiger partial charge in [-0.3, -0.25) is 14.2 Å². The lowest BCUT2D eigenvalue weighted by Crippen LogP contribution is -2.20. The fourth-order valence-electron chi connectivity index (χ4n) is 2.63. The van der Waals surface area contributed by atoms with E-state index in [1.165, 1.54) is 0 Å². The van der Waals surface area contributed by atoms with Gasteiger partial charge in [0.15, 0.2) is 0 Å². The molecule has 7 heteroatoms. The van der Waals surface area contributed by atoms with E-state index in [0.29, 0.717) is 11.5 Å². The Kier molecular flexibility index (Phi) is 4.54. The predicted molar refractivity (Wildman–Crippen MR) is 103 cm³/mol. The van der Waals surface area contributed by atoms with E-state index in [1.54, 1.807) is 15.6 Å². The van der Waals surface area contributed by atoms with Gasteiger partial charge >= 0.3 is 0 Å². The van der Waals surface area contributed by atoms with Crippen LogP contribution in [0.2, 0.25) is 0 Å². The summed E-state index contributed by atoms with van der Waals surface area (Å²) < 4.78 is 3.27. The number of amides is 1. The van der Waals surface area contributed by atoms with Crippen molar-refractivity contribution in [1.29, 1.82) is 0 Å². The number of aryl methyl sites for hydroxylation is 1. The summed E-state index contributed by atoms with van der Waals surface area (Å²) in [5.74, 6) is 0.503. The van der Waals surface area contributed by atoms with Crippen LogP contribution in [0.1, 0.15) is 26.5 Å². The van der Waals surface area contributed by atoms with Gasteiger partial charge < -0.3 is 11.1 Å². The molecule has 2 aromatic heterocycles. The Morgan fingerprint density at radius 3 is 2.65 bits per heavy atom. The molecule has 0 fully saturated rings. The number of hydrogen-bond acceptors (Lipinski definition) is 4. The fourth-order valence-corrected chi connectivity index (χ4v) is 2.63. The van der Waals surface area contributed by atoms with Crippen molar-refractivity contribution < 1.29 is 4.79 Å². The normalized spacial score (nSPS) is 11.5. The average molecular weight is 352 g/mol. The summed E-state index contributed by atoms with van der Waals surface area (Å²) in [6.07, 6.45) is 3.52. The fraction of sp³-hybridized carbons (Fsp3) is 0.316. The molecular formula is C19H24N6O. The summed E-state index contributed by atoms with van der Waals surface area (Å²) in [4.78, 5) is 12.4. The molecular weight excluding hydrogens is 328 g/mol. The van der Waals surface area contributed by atoms with Crippen molar-refractivity contribution in [3.05, 3.63) is 48.4 Å². The molecule has 0 aliphatic carbocycles. The third-order valence-corrected chi connectivity index (χ3v) is 4.13. The largest absolute Gasteiger partial charge is 0.398 e. The van der Waals surface area contributed by atoms with Crippen LogP contribution < -0.4 is 11.1 Å². The van der Waals surface area contributed by atoms with Crippen molar-refractivity contribution >= 4 is 17.4 Å². The molecule has 3 N–H and O–H groups in total. The molecule has 0 bridgehead atoms. The first-order valence-electron chi connectivity index (χ1n) is 8.46. The molecule has 136 valence electrons. The molecule has 0 atom stereocenters. The maximum absolute atomic E-state index is 12.4. The standard InChI is InChI=1S/C19H24N6O/c1-19(2,3)16-9-17(24(4)23-16)22-18(26)12-25-11-13(10-21-25)14-7-5-6-8-15(14)20/h5-11H,12,20H2,1-4H3,(H,22,26). The Bertz CT molecular complexity index is 932. The number of benzene rings is 1. The van der Waals surface area contributed by atoms with Gasteiger partial charge in [0, 0.05) is 41.5 Å². The Labute approximate surface area is 152 Å². The van der Waals surface area contributed by atoms with E-state index in [9.17, 15) is 4.79 Å². The SMILES string of the molecule is Cn1nc(C(C)(C)C)cc1NC(=O)Cn1cc(-c2ccccc2N)cn1. The van der Waals surface area contributed by atoms with Gasteiger partial charge in [0.2, 0.25) is 5.91 Å². The zero-order chi connectivity index (χ0) is 18.9. The third kappa shape index (κ3) is 3.77. The summed E-state index contributed by atoms with van der Waals surface area (Å²) in [6, 6.07) is 9.48. The highest BCUT2D eigenvalue weighted by atomic mass is 16.2. The van der Waals surface area contributed by atoms with Gasteiger partial charge in [-0.2, -0.15) is 10.2 Å². The first-order chi connectivity index (χ1) is 12.2. The highest BCUT2D eigenvalue weighted by Crippen LogP contribution is 2.25. The van der Waals surface area contributed by atoms with Gasteiger partial charge in [-0.05, 0) is 6.07 Å². The molecule has 3 rings (SSSR count). The van der Waals surface area contributed by atoms with Crippen LogP contribution in [0.5, 0.6) is 0 Å². The Balaban J connectivity index is 1.70. The van der Waals surface area contributed by atoms with Crippen molar-refractivity contribution in [2.24, 2.45) is 7.05 Å². The van der Waals surface area contributed by atoms with E-state index < -0.39 is 0 Å². The van der Waals surface area contributed by atoms with Gasteiger partial charge in [-0.1, -0.05) is 39.0 Å². The lowest BCUT2D eigenvalue weighted by Gasteiger charge is -2.13. The number of carbonyl (C=O) groups is 1. The quantitative estimate of drug-likeness (QED) is 0.707. The van der Waals surface area contributed by atoms with E-state index in [-0.39, 0.29) is 17.9 Å². The highest BCUT2D eigenvalue weighted by Gasteiger charge is 2.19. The topological polar surface area (TPSA) is 90.8 Å². The maximum Gasteiger partial charge on any atom is 0.247 e. The van der Waals surface area contributed by atoms with Crippen LogP contribution in [-0.2, 0) is 23.8 Å². The second-order valence-corrected chi connectivity index (χ2v) is 7.35. The third-order valence-electron chi connectivity index (χ3n) is 4.13. The second-order valence-electron chi connectivity index (χ2n) is 7.35. The number of nitrogens with zero attached hydrogens (tertiary/aromatic N) is 4. The van der Waals surface area contributed by atoms with Gasteiger partial charge in [0.25, 0.3) is 0 Å². The average Bonchev–Trinajstić information content (AvgIpc) is 3.15. The van der Waals surface area contributed by atoms with E-state index in [2.05, 4.69) is 36.3 Å². The molecule has 0 unspecified atom stereocenters. The second kappa shape index (κ2) is 6.67. The lowest BCUT2D eigenvalue weighted by molar-refractivity contribution is -0.116. The summed E-state index contributed by atoms with van der Waals surface area (Å²) in [7, 11) is 1.81. The zero-order valence-corrected chi connectivity index (χ0v) is 15.5. The number of carbonyl (C=O) groups excluding carboxylic acids is 1. The van der Waals surface area contributed by atoms with Gasteiger partial charge in [-0.25, -0.2) is 0 Å². The first kappa shape index (κ1) is 17.7. The van der Waals surface area contributed by atoms with Crippen LogP contribution in [0.25, 0.3) is 11.1 Å². The Hall–Kier alpha value is -3.09. The molecule has 0 saturated heterocycles. The minimum Gasteiger partial charge on any atom is -0.398 e. The molecule has 0 aliphatic rings. The van der Waals surface area contributed by atoms with Gasteiger partial charge in [0.1, 0.15) is 12.4 Å². The molecule has 26 heavy (non-hydrogen) atoms. The Morgan fingerprint density at radius 2 is 2.00 bits per heavy atom. The Morgan fingerprint density at radius 1 is 1.27 bits per heavy atom. The van der Waals surface area contributed by atoms with Crippen LogP contribution >= 0.6 is 0 Å². The minimum absolute atomic E-state index is 0.0762. The number of nitrogen functional groups attached to an aromatic ring is 1. The number of rotatable bonds is 4. The number of para-hydroxylation sites is 1. The van der Waals surface area contributed by atoms with Gasteiger partial charge in [0.05, 0.1) is 11.9 Å². The van der Waals surface area contributed by atoms with Crippen molar-refractivity contribution in [2.45, 2.75) is 32.7 Å². The number of anilines is 2. The van der Waals surface area contributed by atoms with E-state index in [4.69, 9.17) is 5.73 Å². The van der Waals surface area contributed by atoms with Crippen LogP contribution in [0.15, 0.2) is 42.7 Å². The number of hydrogen-bond donors (Lipinski definition) is 2. The van der Waals surface area contributed by atoms with Gasteiger partial charge in [-0.15, -0.1) is 0 Å². The molecule has 0 radical (unpaired) electrons. The molecule has 2 heterocycles. The van der Waals surface area contributed by atoms with Crippen LogP contribution in [0.3, 0.4) is 0 Å². The predicted octanol–water partition coefficient (Wildman–Crippen LogP) is 2.80. The number of nitrogens with two attached hydrogens (primary N) is 1. The molecule has 1 amide bonds. The van der Waals surface area contributed by atoms with Crippen molar-refractivity contribution in [2.75, 3.05) is 11.1 Å². The summed E-state index contributed by atoms with van der Waals surface area (Å²) in [6.45, 7) is 6.37. The monoisotopic (exact) mass is 352 g/mol. The van der Waals surface area contributed by atoms with E-state index in [1.807, 2.05) is 43.6 Å². The van der Waals surface area contributed by atoms with Crippen LogP contribution in [0, 0.1) is 0 Å². The first-order valence-corrected chi connectivity index (χ1v) is 8.46. The smallest absolute Gasteiger partial charge is 0.247 e. The van der Waals surface area contributed by atoms with E-state index >= 15 is 0 Å². The van der Waals surface area contributed by atoms with E-state index in [0.717, 1.165) is 16.8 Å². The minimum atomic E-state index is -0.163.